The lowest BCUT2D eigenvalue weighted by molar-refractivity contribution is 0.275. The van der Waals surface area contributed by atoms with E-state index in [1.54, 1.807) is 0 Å². The first-order chi connectivity index (χ1) is 57.7. The smallest absolute Gasteiger partial charge is 0.134 e. The zero-order chi connectivity index (χ0) is 79.3. The molecule has 14 aromatic carbocycles. The summed E-state index contributed by atoms with van der Waals surface area (Å²) in [5, 5.41) is 3.32. The number of hydrogen-bond acceptors (Lipinski definition) is 15. The second-order valence-corrected chi connectivity index (χ2v) is 28.0. The monoisotopic (exact) mass is 1550 g/mol. The van der Waals surface area contributed by atoms with Crippen LogP contribution in [0.4, 0.5) is 0 Å². The SMILES string of the molecule is CNCc1cc(OCc2cc(OCc3cc(OCC4=CCCC=C4)cc(OCc4ccccc4)c3)cc(OCc3cc(OCc4ccccc4)cc(Oc4ccccc4)c3)c2)cc(OCc2cc(OCc3cc(OCc4ccccc4)cc(OCc4ccccc4)c3)cc(Oc3cc(Oc4ccccc4)cc(Oc4ccccc4)c3)c2)c1. The van der Waals surface area contributed by atoms with E-state index < -0.39 is 0 Å². The highest BCUT2D eigenvalue weighted by atomic mass is 16.5. The van der Waals surface area contributed by atoms with Crippen LogP contribution in [0, 0.1) is 0 Å². The third-order valence-corrected chi connectivity index (χ3v) is 18.5. The summed E-state index contributed by atoms with van der Waals surface area (Å²) in [7, 11) is 1.90. The molecule has 117 heavy (non-hydrogen) atoms. The fourth-order valence-electron chi connectivity index (χ4n) is 12.9. The standard InChI is InChI=1S/C102H89NO14/c1-103-63-79-42-88(109-69-82-48-94(111-70-80-44-90(104-64-74-26-10-2-11-27-74)55-91(45-80)105-65-75-28-12-3-13-29-75)57-95(49-82)112-73-83-50-96(108-68-78-34-18-6-19-35-78)58-98(52-83)114-85-36-20-7-21-37-85)54-89(43-79)110-72-84-51-97(113-71-81-46-92(106-66-76-30-14-4-15-31-76)56-93(47-81)107-67-77-32-16-5-17-33-77)59-99(53-84)117-102-61-100(115-86-38-22-8-23-39-86)60-101(62-102)116-87-40-24-9-25-41-87/h2,4-12,14-62,103H,3,13,63-73H2,1H3. The van der Waals surface area contributed by atoms with E-state index in [0.717, 1.165) is 74.0 Å². The van der Waals surface area contributed by atoms with E-state index >= 15 is 0 Å². The molecule has 0 fully saturated rings. The number of benzene rings is 14. The molecule has 0 amide bonds. The molecule has 15 heteroatoms. The average Bonchev–Trinajstić information content (AvgIpc) is 0.835. The Balaban J connectivity index is 0.713. The van der Waals surface area contributed by atoms with Crippen LogP contribution in [-0.2, 0) is 66.0 Å². The molecule has 0 bridgehead atoms. The van der Waals surface area contributed by atoms with E-state index in [2.05, 4.69) is 23.5 Å². The van der Waals surface area contributed by atoms with Crippen molar-refractivity contribution in [3.05, 3.63) is 419 Å². The second kappa shape index (κ2) is 40.5. The Morgan fingerprint density at radius 2 is 0.402 bits per heavy atom. The van der Waals surface area contributed by atoms with Crippen LogP contribution in [0.5, 0.6) is 103 Å². The van der Waals surface area contributed by atoms with Crippen LogP contribution >= 0.6 is 0 Å². The summed E-state index contributed by atoms with van der Waals surface area (Å²) in [6.45, 7) is 3.12. The molecule has 0 unspecified atom stereocenters. The van der Waals surface area contributed by atoms with E-state index in [1.165, 1.54) is 0 Å². The summed E-state index contributed by atoms with van der Waals surface area (Å²) >= 11 is 0. The first-order valence-electron chi connectivity index (χ1n) is 39.0. The highest BCUT2D eigenvalue weighted by Crippen LogP contribution is 2.39. The number of ether oxygens (including phenoxy) is 14. The molecule has 15 rings (SSSR count). The minimum absolute atomic E-state index is 0.100. The molecule has 0 spiro atoms. The van der Waals surface area contributed by atoms with E-state index in [9.17, 15) is 0 Å². The molecule has 14 aromatic rings. The maximum Gasteiger partial charge on any atom is 0.134 e. The van der Waals surface area contributed by atoms with Crippen LogP contribution in [0.1, 0.15) is 68.5 Å². The highest BCUT2D eigenvalue weighted by Gasteiger charge is 2.17. The molecule has 1 aliphatic rings. The van der Waals surface area contributed by atoms with Crippen LogP contribution in [0.25, 0.3) is 0 Å². The second-order valence-electron chi connectivity index (χ2n) is 28.0. The quantitative estimate of drug-likeness (QED) is 0.0389. The van der Waals surface area contributed by atoms with Gasteiger partial charge in [-0.3, -0.25) is 0 Å². The fraction of sp³-hybridized carbons (Fsp3) is 0.137. The maximum absolute atomic E-state index is 6.85. The molecule has 0 saturated heterocycles. The summed E-state index contributed by atoms with van der Waals surface area (Å²) in [4.78, 5) is 0. The number of hydrogen-bond donors (Lipinski definition) is 1. The lowest BCUT2D eigenvalue weighted by Gasteiger charge is -2.17. The van der Waals surface area contributed by atoms with Crippen molar-refractivity contribution < 1.29 is 66.3 Å². The van der Waals surface area contributed by atoms with Gasteiger partial charge in [-0.1, -0.05) is 194 Å². The summed E-state index contributed by atoms with van der Waals surface area (Å²) in [5.74, 6) is 10.5. The largest absolute Gasteiger partial charge is 0.489 e. The molecule has 0 saturated carbocycles. The number of nitrogens with one attached hydrogen (secondary N) is 1. The molecule has 0 aliphatic heterocycles. The van der Waals surface area contributed by atoms with Gasteiger partial charge in [-0.05, 0) is 190 Å². The lowest BCUT2D eigenvalue weighted by Crippen LogP contribution is -2.07. The number of allylic oxidation sites excluding steroid dienone is 2. The normalized spacial score (nSPS) is 11.5. The first kappa shape index (κ1) is 78.0. The van der Waals surface area contributed by atoms with Crippen molar-refractivity contribution in [2.75, 3.05) is 13.7 Å². The van der Waals surface area contributed by atoms with Crippen molar-refractivity contribution in [2.24, 2.45) is 0 Å². The van der Waals surface area contributed by atoms with E-state index in [0.29, 0.717) is 143 Å². The molecule has 586 valence electrons. The van der Waals surface area contributed by atoms with Gasteiger partial charge in [-0.2, -0.15) is 0 Å². The van der Waals surface area contributed by atoms with Gasteiger partial charge in [0.15, 0.2) is 0 Å². The van der Waals surface area contributed by atoms with Gasteiger partial charge in [0.1, 0.15) is 170 Å². The maximum atomic E-state index is 6.85. The molecule has 0 radical (unpaired) electrons. The average molecular weight is 1550 g/mol. The van der Waals surface area contributed by atoms with Gasteiger partial charge in [-0.25, -0.2) is 0 Å². The van der Waals surface area contributed by atoms with Crippen molar-refractivity contribution in [2.45, 2.75) is 78.8 Å². The van der Waals surface area contributed by atoms with Crippen molar-refractivity contribution in [3.63, 3.8) is 0 Å². The van der Waals surface area contributed by atoms with Crippen LogP contribution in [0.15, 0.2) is 364 Å². The summed E-state index contributed by atoms with van der Waals surface area (Å²) in [6, 6.07) is 110. The van der Waals surface area contributed by atoms with Gasteiger partial charge in [0.2, 0.25) is 0 Å². The van der Waals surface area contributed by atoms with Crippen LogP contribution in [0.2, 0.25) is 0 Å². The van der Waals surface area contributed by atoms with Crippen molar-refractivity contribution >= 4 is 0 Å². The Labute approximate surface area is 682 Å². The summed E-state index contributed by atoms with van der Waals surface area (Å²) in [6.07, 6.45) is 8.52. The van der Waals surface area contributed by atoms with Gasteiger partial charge < -0.3 is 71.6 Å². The zero-order valence-corrected chi connectivity index (χ0v) is 65.0. The van der Waals surface area contributed by atoms with Crippen LogP contribution in [-0.4, -0.2) is 13.7 Å². The van der Waals surface area contributed by atoms with E-state index in [1.807, 2.05) is 347 Å². The van der Waals surface area contributed by atoms with Gasteiger partial charge in [0, 0.05) is 61.1 Å². The molecular weight excluding hydrogens is 1460 g/mol. The van der Waals surface area contributed by atoms with E-state index in [-0.39, 0.29) is 33.0 Å². The van der Waals surface area contributed by atoms with Gasteiger partial charge in [0.05, 0.1) is 0 Å². The van der Waals surface area contributed by atoms with Crippen molar-refractivity contribution in [3.8, 4) is 103 Å². The van der Waals surface area contributed by atoms with Gasteiger partial charge >= 0.3 is 0 Å². The zero-order valence-electron chi connectivity index (χ0n) is 65.0. The predicted octanol–water partition coefficient (Wildman–Crippen LogP) is 24.4. The Hall–Kier alpha value is -14.3. The molecule has 0 atom stereocenters. The Bertz CT molecular complexity index is 5440. The molecule has 0 heterocycles. The Kier molecular flexibility index (Phi) is 27.0. The fourth-order valence-corrected chi connectivity index (χ4v) is 12.9. The first-order valence-corrected chi connectivity index (χ1v) is 39.0. The Morgan fingerprint density at radius 1 is 0.197 bits per heavy atom. The highest BCUT2D eigenvalue weighted by molar-refractivity contribution is 5.51. The summed E-state index contributed by atoms with van der Waals surface area (Å²) < 4.78 is 92.2. The van der Waals surface area contributed by atoms with Crippen molar-refractivity contribution in [1.29, 1.82) is 0 Å². The van der Waals surface area contributed by atoms with Gasteiger partial charge in [-0.15, -0.1) is 0 Å². The number of para-hydroxylation sites is 3. The van der Waals surface area contributed by atoms with Crippen LogP contribution < -0.4 is 71.6 Å². The van der Waals surface area contributed by atoms with Gasteiger partial charge in [0.25, 0.3) is 0 Å². The topological polar surface area (TPSA) is 141 Å². The molecular formula is C102H89NO14. The minimum Gasteiger partial charge on any atom is -0.489 e. The predicted molar refractivity (Wildman–Crippen MR) is 454 cm³/mol. The third-order valence-electron chi connectivity index (χ3n) is 18.5. The van der Waals surface area contributed by atoms with E-state index in [4.69, 9.17) is 66.3 Å². The molecule has 0 aromatic heterocycles. The molecule has 1 N–H and O–H groups in total. The molecule has 1 aliphatic carbocycles. The minimum atomic E-state index is 0.100. The Morgan fingerprint density at radius 3 is 0.658 bits per heavy atom. The van der Waals surface area contributed by atoms with Crippen LogP contribution in [0.3, 0.4) is 0 Å². The third kappa shape index (κ3) is 24.6. The summed E-state index contributed by atoms with van der Waals surface area (Å²) in [5.41, 5.74) is 10.2. The number of rotatable bonds is 40. The lowest BCUT2D eigenvalue weighted by atomic mass is 10.1. The van der Waals surface area contributed by atoms with Crippen molar-refractivity contribution in [1.82, 2.24) is 5.32 Å². The molecule has 15 nitrogen and oxygen atoms in total.